The van der Waals surface area contributed by atoms with Gasteiger partial charge >= 0.3 is 5.97 Å². The molecule has 2 aromatic rings. The number of hydrogen-bond donors (Lipinski definition) is 2. The van der Waals surface area contributed by atoms with Crippen molar-refractivity contribution in [2.75, 3.05) is 5.32 Å². The van der Waals surface area contributed by atoms with E-state index in [0.29, 0.717) is 12.1 Å². The molecule has 0 heterocycles. The highest BCUT2D eigenvalue weighted by Crippen LogP contribution is 2.39. The predicted molar refractivity (Wildman–Crippen MR) is 121 cm³/mol. The van der Waals surface area contributed by atoms with Crippen molar-refractivity contribution >= 4 is 17.6 Å². The van der Waals surface area contributed by atoms with E-state index in [1.165, 1.54) is 28.8 Å². The lowest BCUT2D eigenvalue weighted by Crippen LogP contribution is -2.30. The number of amides is 1. The molecule has 0 bridgehead atoms. The molecule has 0 unspecified atom stereocenters. The fourth-order valence-electron chi connectivity index (χ4n) is 3.99. The summed E-state index contributed by atoms with van der Waals surface area (Å²) in [6, 6.07) is 16.6. The summed E-state index contributed by atoms with van der Waals surface area (Å²) in [6.07, 6.45) is 8.15. The second kappa shape index (κ2) is 10.1. The molecule has 4 heteroatoms. The first-order valence-corrected chi connectivity index (χ1v) is 10.4. The molecule has 30 heavy (non-hydrogen) atoms. The summed E-state index contributed by atoms with van der Waals surface area (Å²) in [7, 11) is 0. The first kappa shape index (κ1) is 21.6. The van der Waals surface area contributed by atoms with Crippen LogP contribution in [0.2, 0.25) is 0 Å². The van der Waals surface area contributed by atoms with Crippen LogP contribution < -0.4 is 5.32 Å². The van der Waals surface area contributed by atoms with Gasteiger partial charge in [0.25, 0.3) is 0 Å². The lowest BCUT2D eigenvalue weighted by Gasteiger charge is -2.31. The van der Waals surface area contributed by atoms with Crippen molar-refractivity contribution in [2.24, 2.45) is 5.92 Å². The summed E-state index contributed by atoms with van der Waals surface area (Å²) < 4.78 is 0. The maximum absolute atomic E-state index is 13.1. The predicted octanol–water partition coefficient (Wildman–Crippen LogP) is 6.19. The van der Waals surface area contributed by atoms with E-state index in [-0.39, 0.29) is 23.3 Å². The van der Waals surface area contributed by atoms with Crippen LogP contribution in [0.15, 0.2) is 77.9 Å². The summed E-state index contributed by atoms with van der Waals surface area (Å²) in [6.45, 7) is 4.23. The van der Waals surface area contributed by atoms with Gasteiger partial charge in [-0.25, -0.2) is 4.79 Å². The zero-order valence-electron chi connectivity index (χ0n) is 17.6. The van der Waals surface area contributed by atoms with Crippen molar-refractivity contribution in [3.63, 3.8) is 0 Å². The van der Waals surface area contributed by atoms with Gasteiger partial charge in [-0.3, -0.25) is 4.79 Å². The van der Waals surface area contributed by atoms with Crippen LogP contribution in [0.1, 0.15) is 61.4 Å². The van der Waals surface area contributed by atoms with Gasteiger partial charge in [-0.1, -0.05) is 53.6 Å². The monoisotopic (exact) mass is 403 g/mol. The molecule has 2 aromatic carbocycles. The largest absolute Gasteiger partial charge is 0.478 e. The number of allylic oxidation sites excluding steroid dienone is 4. The third-order valence-electron chi connectivity index (χ3n) is 5.61. The molecule has 2 N–H and O–H groups in total. The Morgan fingerprint density at radius 2 is 1.77 bits per heavy atom. The molecule has 1 aliphatic carbocycles. The summed E-state index contributed by atoms with van der Waals surface area (Å²) in [5.74, 6) is -1.02. The van der Waals surface area contributed by atoms with E-state index in [0.717, 1.165) is 19.3 Å². The minimum absolute atomic E-state index is 0.0217. The molecule has 0 radical (unpaired) electrons. The average molecular weight is 404 g/mol. The number of hydrogen-bond acceptors (Lipinski definition) is 2. The van der Waals surface area contributed by atoms with Crippen molar-refractivity contribution in [1.29, 1.82) is 0 Å². The van der Waals surface area contributed by atoms with Gasteiger partial charge in [-0.05, 0) is 75.3 Å². The van der Waals surface area contributed by atoms with Crippen molar-refractivity contribution in [3.8, 4) is 0 Å². The number of anilines is 1. The Morgan fingerprint density at radius 3 is 2.40 bits per heavy atom. The van der Waals surface area contributed by atoms with Crippen LogP contribution >= 0.6 is 0 Å². The molecule has 4 nitrogen and oxygen atoms in total. The summed E-state index contributed by atoms with van der Waals surface area (Å²) in [4.78, 5) is 24.1. The summed E-state index contributed by atoms with van der Waals surface area (Å²) in [5.41, 5.74) is 4.76. The molecule has 156 valence electrons. The number of benzene rings is 2. The number of aromatic carboxylic acids is 1. The second-order valence-electron chi connectivity index (χ2n) is 8.12. The molecule has 1 aliphatic rings. The second-order valence-corrected chi connectivity index (χ2v) is 8.12. The van der Waals surface area contributed by atoms with Crippen molar-refractivity contribution in [1.82, 2.24) is 0 Å². The van der Waals surface area contributed by atoms with Crippen LogP contribution in [-0.2, 0) is 4.79 Å². The standard InChI is InChI=1S/C26H29NO3/c1-18(2)7-6-8-19-11-16-23(24(17-19)20-9-4-3-5-10-20)25(28)27-22-14-12-21(13-15-22)26(29)30/h3-5,7,9-15,23-24H,6,8,16-17H2,1-2H3,(H,27,28)(H,29,30)/t23-,24+/m0/s1. The number of carbonyl (C=O) groups excluding carboxylic acids is 1. The van der Waals surface area contributed by atoms with Crippen molar-refractivity contribution in [2.45, 2.75) is 45.4 Å². The lowest BCUT2D eigenvalue weighted by molar-refractivity contribution is -0.120. The maximum atomic E-state index is 13.1. The van der Waals surface area contributed by atoms with E-state index in [4.69, 9.17) is 5.11 Å². The van der Waals surface area contributed by atoms with E-state index < -0.39 is 5.97 Å². The zero-order chi connectivity index (χ0) is 21.5. The number of carboxylic acids is 1. The third kappa shape index (κ3) is 5.69. The van der Waals surface area contributed by atoms with Crippen LogP contribution in [0.5, 0.6) is 0 Å². The SMILES string of the molecule is CC(C)=CCCC1=CC[C@H](C(=O)Nc2ccc(C(=O)O)cc2)[C@@H](c2ccccc2)C1. The van der Waals surface area contributed by atoms with Gasteiger partial charge in [0.2, 0.25) is 5.91 Å². The Hall–Kier alpha value is -3.14. The molecular formula is C26H29NO3. The smallest absolute Gasteiger partial charge is 0.335 e. The van der Waals surface area contributed by atoms with E-state index in [2.05, 4.69) is 43.4 Å². The van der Waals surface area contributed by atoms with Crippen LogP contribution in [0.4, 0.5) is 5.69 Å². The van der Waals surface area contributed by atoms with E-state index in [9.17, 15) is 9.59 Å². The number of rotatable bonds is 7. The molecule has 0 fully saturated rings. The van der Waals surface area contributed by atoms with Gasteiger partial charge in [0.1, 0.15) is 0 Å². The molecule has 0 spiro atoms. The molecule has 0 aromatic heterocycles. The molecule has 2 atom stereocenters. The van der Waals surface area contributed by atoms with E-state index in [1.807, 2.05) is 18.2 Å². The Kier molecular flexibility index (Phi) is 7.23. The van der Waals surface area contributed by atoms with E-state index >= 15 is 0 Å². The van der Waals surface area contributed by atoms with Gasteiger partial charge in [-0.15, -0.1) is 0 Å². The maximum Gasteiger partial charge on any atom is 0.335 e. The highest BCUT2D eigenvalue weighted by molar-refractivity contribution is 5.94. The molecule has 1 amide bonds. The Labute approximate surface area is 178 Å². The molecule has 3 rings (SSSR count). The van der Waals surface area contributed by atoms with Crippen LogP contribution in [0.3, 0.4) is 0 Å². The van der Waals surface area contributed by atoms with Crippen molar-refractivity contribution in [3.05, 3.63) is 89.0 Å². The van der Waals surface area contributed by atoms with Crippen LogP contribution in [0, 0.1) is 5.92 Å². The highest BCUT2D eigenvalue weighted by Gasteiger charge is 2.32. The third-order valence-corrected chi connectivity index (χ3v) is 5.61. The number of nitrogens with one attached hydrogen (secondary N) is 1. The fourth-order valence-corrected chi connectivity index (χ4v) is 3.99. The van der Waals surface area contributed by atoms with Crippen LogP contribution in [0.25, 0.3) is 0 Å². The summed E-state index contributed by atoms with van der Waals surface area (Å²) in [5, 5.41) is 12.0. The molecule has 0 aliphatic heterocycles. The minimum atomic E-state index is -0.977. The molecular weight excluding hydrogens is 374 g/mol. The molecule has 0 saturated carbocycles. The minimum Gasteiger partial charge on any atom is -0.478 e. The first-order valence-electron chi connectivity index (χ1n) is 10.4. The van der Waals surface area contributed by atoms with Gasteiger partial charge < -0.3 is 10.4 Å². The Balaban J connectivity index is 1.76. The zero-order valence-corrected chi connectivity index (χ0v) is 17.6. The number of carboxylic acid groups (broad SMARTS) is 1. The van der Waals surface area contributed by atoms with Gasteiger partial charge in [0.15, 0.2) is 0 Å². The topological polar surface area (TPSA) is 66.4 Å². The van der Waals surface area contributed by atoms with E-state index in [1.54, 1.807) is 12.1 Å². The normalized spacial score (nSPS) is 18.3. The van der Waals surface area contributed by atoms with Crippen molar-refractivity contribution < 1.29 is 14.7 Å². The number of carbonyl (C=O) groups is 2. The molecule has 0 saturated heterocycles. The first-order chi connectivity index (χ1) is 14.4. The average Bonchev–Trinajstić information content (AvgIpc) is 2.74. The van der Waals surface area contributed by atoms with Gasteiger partial charge in [0.05, 0.1) is 5.56 Å². The quantitative estimate of drug-likeness (QED) is 0.542. The highest BCUT2D eigenvalue weighted by atomic mass is 16.4. The Bertz CT molecular complexity index is 938. The lowest BCUT2D eigenvalue weighted by atomic mass is 9.74. The van der Waals surface area contributed by atoms with Gasteiger partial charge in [0, 0.05) is 11.6 Å². The fraction of sp³-hybridized carbons (Fsp3) is 0.308. The summed E-state index contributed by atoms with van der Waals surface area (Å²) >= 11 is 0. The Morgan fingerprint density at radius 1 is 1.07 bits per heavy atom. The van der Waals surface area contributed by atoms with Crippen LogP contribution in [-0.4, -0.2) is 17.0 Å². The van der Waals surface area contributed by atoms with Gasteiger partial charge in [-0.2, -0.15) is 0 Å².